The first-order valence-electron chi connectivity index (χ1n) is 8.94. The number of aromatic nitrogens is 1. The van der Waals surface area contributed by atoms with E-state index in [1.165, 1.54) is 12.1 Å². The Balaban J connectivity index is 1.70. The van der Waals surface area contributed by atoms with Crippen LogP contribution in [0.2, 0.25) is 0 Å². The van der Waals surface area contributed by atoms with E-state index in [9.17, 15) is 9.18 Å². The molecule has 1 fully saturated rings. The molecule has 134 valence electrons. The van der Waals surface area contributed by atoms with E-state index in [-0.39, 0.29) is 11.7 Å². The van der Waals surface area contributed by atoms with Crippen LogP contribution in [0.3, 0.4) is 0 Å². The summed E-state index contributed by atoms with van der Waals surface area (Å²) < 4.78 is 13.0. The van der Waals surface area contributed by atoms with Gasteiger partial charge in [0.1, 0.15) is 5.82 Å². The molecule has 1 saturated carbocycles. The van der Waals surface area contributed by atoms with Gasteiger partial charge in [0.05, 0.1) is 28.4 Å². The monoisotopic (exact) mass is 359 g/mol. The molecular formula is C22H18FN3O. The van der Waals surface area contributed by atoms with Crippen molar-refractivity contribution in [3.05, 3.63) is 76.2 Å². The van der Waals surface area contributed by atoms with E-state index in [1.807, 2.05) is 13.0 Å². The number of rotatable bonds is 4. The van der Waals surface area contributed by atoms with Crippen molar-refractivity contribution < 1.29 is 9.18 Å². The summed E-state index contributed by atoms with van der Waals surface area (Å²) in [5.41, 5.74) is 4.46. The van der Waals surface area contributed by atoms with Gasteiger partial charge in [0.2, 0.25) is 0 Å². The van der Waals surface area contributed by atoms with E-state index in [0.717, 1.165) is 40.6 Å². The van der Waals surface area contributed by atoms with E-state index in [1.54, 1.807) is 24.3 Å². The Hall–Kier alpha value is -3.26. The Morgan fingerprint density at radius 2 is 2.00 bits per heavy atom. The number of carbonyl (C=O) groups is 1. The van der Waals surface area contributed by atoms with Crippen molar-refractivity contribution in [2.45, 2.75) is 32.2 Å². The van der Waals surface area contributed by atoms with Crippen LogP contribution in [0, 0.1) is 24.1 Å². The molecule has 0 radical (unpaired) electrons. The van der Waals surface area contributed by atoms with E-state index < -0.39 is 0 Å². The highest BCUT2D eigenvalue weighted by atomic mass is 19.1. The Labute approximate surface area is 156 Å². The fourth-order valence-corrected chi connectivity index (χ4v) is 3.34. The Morgan fingerprint density at radius 3 is 2.67 bits per heavy atom. The van der Waals surface area contributed by atoms with Crippen LogP contribution in [0.5, 0.6) is 0 Å². The molecule has 0 atom stereocenters. The number of fused-ring (bicyclic) bond motifs is 1. The Kier molecular flexibility index (Phi) is 4.33. The van der Waals surface area contributed by atoms with Crippen molar-refractivity contribution in [1.82, 2.24) is 10.3 Å². The predicted molar refractivity (Wildman–Crippen MR) is 101 cm³/mol. The summed E-state index contributed by atoms with van der Waals surface area (Å²) in [4.78, 5) is 17.7. The van der Waals surface area contributed by atoms with Gasteiger partial charge in [0.15, 0.2) is 0 Å². The van der Waals surface area contributed by atoms with Gasteiger partial charge in [-0.25, -0.2) is 4.39 Å². The smallest absolute Gasteiger partial charge is 0.253 e. The molecular weight excluding hydrogens is 341 g/mol. The van der Waals surface area contributed by atoms with Crippen LogP contribution in [-0.4, -0.2) is 10.9 Å². The van der Waals surface area contributed by atoms with Crippen molar-refractivity contribution in [3.63, 3.8) is 0 Å². The molecule has 1 N–H and O–H groups in total. The molecule has 1 amide bonds. The number of nitrogens with one attached hydrogen (secondary N) is 1. The first kappa shape index (κ1) is 17.2. The van der Waals surface area contributed by atoms with Crippen LogP contribution < -0.4 is 5.32 Å². The maximum absolute atomic E-state index is 13.0. The first-order valence-corrected chi connectivity index (χ1v) is 8.94. The second kappa shape index (κ2) is 6.81. The van der Waals surface area contributed by atoms with E-state index >= 15 is 0 Å². The molecule has 0 unspecified atom stereocenters. The number of nitriles is 1. The number of carbonyl (C=O) groups excluding carboxylic acids is 1. The highest BCUT2D eigenvalue weighted by molar-refractivity contribution is 6.01. The SMILES string of the molecule is Cc1c(C(=O)NCc2ccc(F)cc2)c(C2CC2)nc2cc(C#N)ccc12. The predicted octanol–water partition coefficient (Wildman–Crippen LogP) is 4.36. The first-order chi connectivity index (χ1) is 13.1. The summed E-state index contributed by atoms with van der Waals surface area (Å²) >= 11 is 0. The van der Waals surface area contributed by atoms with Crippen molar-refractivity contribution in [1.29, 1.82) is 5.26 Å². The zero-order valence-electron chi connectivity index (χ0n) is 14.9. The third-order valence-corrected chi connectivity index (χ3v) is 4.96. The Bertz CT molecular complexity index is 1080. The third kappa shape index (κ3) is 3.39. The molecule has 0 saturated heterocycles. The zero-order valence-corrected chi connectivity index (χ0v) is 14.9. The van der Waals surface area contributed by atoms with Crippen LogP contribution in [0.15, 0.2) is 42.5 Å². The van der Waals surface area contributed by atoms with Gasteiger partial charge in [-0.2, -0.15) is 5.26 Å². The van der Waals surface area contributed by atoms with Gasteiger partial charge >= 0.3 is 0 Å². The number of halogens is 1. The van der Waals surface area contributed by atoms with Crippen LogP contribution in [0.25, 0.3) is 10.9 Å². The molecule has 4 rings (SSSR count). The minimum absolute atomic E-state index is 0.169. The normalized spacial score (nSPS) is 13.4. The minimum Gasteiger partial charge on any atom is -0.348 e. The molecule has 5 heteroatoms. The lowest BCUT2D eigenvalue weighted by atomic mass is 9.97. The van der Waals surface area contributed by atoms with Gasteiger partial charge in [-0.1, -0.05) is 18.2 Å². The molecule has 2 aromatic carbocycles. The lowest BCUT2D eigenvalue weighted by molar-refractivity contribution is 0.0949. The standard InChI is InChI=1S/C22H18FN3O/c1-13-18-9-4-15(11-24)10-19(18)26-21(16-5-6-16)20(13)22(27)25-12-14-2-7-17(23)8-3-14/h2-4,7-10,16H,5-6,12H2,1H3,(H,25,27). The summed E-state index contributed by atoms with van der Waals surface area (Å²) in [5, 5.41) is 12.9. The van der Waals surface area contributed by atoms with Crippen molar-refractivity contribution in [2.75, 3.05) is 0 Å². The fraction of sp³-hybridized carbons (Fsp3) is 0.227. The number of nitrogens with zero attached hydrogens (tertiary/aromatic N) is 2. The lowest BCUT2D eigenvalue weighted by Gasteiger charge is -2.15. The number of hydrogen-bond donors (Lipinski definition) is 1. The fourth-order valence-electron chi connectivity index (χ4n) is 3.34. The molecule has 0 bridgehead atoms. The molecule has 3 aromatic rings. The highest BCUT2D eigenvalue weighted by Crippen LogP contribution is 2.42. The van der Waals surface area contributed by atoms with E-state index in [4.69, 9.17) is 10.2 Å². The third-order valence-electron chi connectivity index (χ3n) is 4.96. The molecule has 1 heterocycles. The summed E-state index contributed by atoms with van der Waals surface area (Å²) in [6.07, 6.45) is 2.04. The second-order valence-corrected chi connectivity index (χ2v) is 6.92. The van der Waals surface area contributed by atoms with Crippen molar-refractivity contribution in [3.8, 4) is 6.07 Å². The van der Waals surface area contributed by atoms with E-state index in [2.05, 4.69) is 11.4 Å². The molecule has 27 heavy (non-hydrogen) atoms. The van der Waals surface area contributed by atoms with Crippen LogP contribution >= 0.6 is 0 Å². The Morgan fingerprint density at radius 1 is 1.26 bits per heavy atom. The number of aryl methyl sites for hydroxylation is 1. The summed E-state index contributed by atoms with van der Waals surface area (Å²) in [6.45, 7) is 2.25. The second-order valence-electron chi connectivity index (χ2n) is 6.92. The maximum atomic E-state index is 13.0. The van der Waals surface area contributed by atoms with E-state index in [0.29, 0.717) is 23.6 Å². The molecule has 0 aliphatic heterocycles. The average molecular weight is 359 g/mol. The summed E-state index contributed by atoms with van der Waals surface area (Å²) in [7, 11) is 0. The van der Waals surface area contributed by atoms with Gasteiger partial charge in [0.25, 0.3) is 5.91 Å². The quantitative estimate of drug-likeness (QED) is 0.753. The molecule has 1 aliphatic carbocycles. The van der Waals surface area contributed by atoms with Gasteiger partial charge < -0.3 is 5.32 Å². The van der Waals surface area contributed by atoms with Crippen LogP contribution in [-0.2, 0) is 6.54 Å². The molecule has 1 aliphatic rings. The molecule has 1 aromatic heterocycles. The number of amides is 1. The van der Waals surface area contributed by atoms with Crippen LogP contribution in [0.1, 0.15) is 51.5 Å². The summed E-state index contributed by atoms with van der Waals surface area (Å²) in [5.74, 6) is -0.171. The molecule has 0 spiro atoms. The average Bonchev–Trinajstić information content (AvgIpc) is 3.52. The van der Waals surface area contributed by atoms with Crippen LogP contribution in [0.4, 0.5) is 4.39 Å². The number of hydrogen-bond acceptors (Lipinski definition) is 3. The largest absolute Gasteiger partial charge is 0.348 e. The highest BCUT2D eigenvalue weighted by Gasteiger charge is 2.31. The maximum Gasteiger partial charge on any atom is 0.253 e. The molecule has 4 nitrogen and oxygen atoms in total. The van der Waals surface area contributed by atoms with Gasteiger partial charge in [0, 0.05) is 17.8 Å². The number of pyridine rings is 1. The minimum atomic E-state index is -0.299. The number of benzene rings is 2. The van der Waals surface area contributed by atoms with Crippen molar-refractivity contribution in [2.24, 2.45) is 0 Å². The zero-order chi connectivity index (χ0) is 19.0. The topological polar surface area (TPSA) is 65.8 Å². The van der Waals surface area contributed by atoms with Crippen molar-refractivity contribution >= 4 is 16.8 Å². The van der Waals surface area contributed by atoms with Gasteiger partial charge in [-0.05, 0) is 55.2 Å². The lowest BCUT2D eigenvalue weighted by Crippen LogP contribution is -2.25. The summed E-state index contributed by atoms with van der Waals surface area (Å²) in [6, 6.07) is 13.6. The van der Waals surface area contributed by atoms with Gasteiger partial charge in [-0.15, -0.1) is 0 Å². The van der Waals surface area contributed by atoms with Gasteiger partial charge in [-0.3, -0.25) is 9.78 Å².